The molecule has 2 N–H and O–H groups in total. The first-order valence-electron chi connectivity index (χ1n) is 10.3. The first-order chi connectivity index (χ1) is 13.5. The topological polar surface area (TPSA) is 70.7 Å². The summed E-state index contributed by atoms with van der Waals surface area (Å²) in [6.07, 6.45) is 3.64. The van der Waals surface area contributed by atoms with Crippen molar-refractivity contribution >= 4 is 24.2 Å². The van der Waals surface area contributed by atoms with Crippen LogP contribution in [0.25, 0.3) is 0 Å². The normalized spacial score (nSPS) is 23.7. The van der Waals surface area contributed by atoms with Crippen molar-refractivity contribution in [2.45, 2.75) is 32.6 Å². The highest BCUT2D eigenvalue weighted by Gasteiger charge is 2.41. The molecule has 29 heavy (non-hydrogen) atoms. The zero-order chi connectivity index (χ0) is 20.0. The van der Waals surface area contributed by atoms with Gasteiger partial charge in [-0.15, -0.1) is 12.4 Å². The summed E-state index contributed by atoms with van der Waals surface area (Å²) < 4.78 is 5.45. The van der Waals surface area contributed by atoms with Crippen molar-refractivity contribution in [2.24, 2.45) is 10.8 Å². The van der Waals surface area contributed by atoms with Crippen molar-refractivity contribution in [3.05, 3.63) is 35.9 Å². The fraction of sp³-hybridized carbons (Fsp3) is 0.636. The van der Waals surface area contributed by atoms with E-state index in [2.05, 4.69) is 10.6 Å². The van der Waals surface area contributed by atoms with E-state index in [0.29, 0.717) is 31.8 Å². The summed E-state index contributed by atoms with van der Waals surface area (Å²) in [5, 5.41) is 6.58. The van der Waals surface area contributed by atoms with Crippen LogP contribution in [-0.2, 0) is 9.53 Å². The molecule has 1 aromatic rings. The highest BCUT2D eigenvalue weighted by atomic mass is 35.5. The molecule has 0 aliphatic carbocycles. The number of methoxy groups -OCH3 is 1. The Bertz CT molecular complexity index is 674. The molecule has 2 aliphatic rings. The fourth-order valence-electron chi connectivity index (χ4n) is 4.48. The molecule has 0 radical (unpaired) electrons. The fourth-order valence-corrected chi connectivity index (χ4v) is 4.48. The Morgan fingerprint density at radius 3 is 2.52 bits per heavy atom. The van der Waals surface area contributed by atoms with Gasteiger partial charge >= 0.3 is 0 Å². The standard InChI is InChI=1S/C22H33N3O3.ClH/c1-21(20(27)24-15-22(17-28-2)10-12-23-13-11-22)9-6-14-25(16-21)19(26)18-7-4-3-5-8-18;/h3-5,7-8,23H,6,9-17H2,1-2H3,(H,24,27);1H. The molecule has 162 valence electrons. The number of carbonyl (C=O) groups excluding carboxylic acids is 2. The number of nitrogens with zero attached hydrogens (tertiary/aromatic N) is 1. The van der Waals surface area contributed by atoms with Gasteiger partial charge in [-0.2, -0.15) is 0 Å². The number of benzene rings is 1. The molecular formula is C22H34ClN3O3. The predicted molar refractivity (Wildman–Crippen MR) is 116 cm³/mol. The lowest BCUT2D eigenvalue weighted by Crippen LogP contribution is -2.54. The van der Waals surface area contributed by atoms with E-state index < -0.39 is 5.41 Å². The van der Waals surface area contributed by atoms with E-state index >= 15 is 0 Å². The Morgan fingerprint density at radius 2 is 1.86 bits per heavy atom. The molecule has 2 fully saturated rings. The van der Waals surface area contributed by atoms with Crippen LogP contribution in [0.5, 0.6) is 0 Å². The van der Waals surface area contributed by atoms with Crippen LogP contribution in [0.3, 0.4) is 0 Å². The maximum Gasteiger partial charge on any atom is 0.253 e. The predicted octanol–water partition coefficient (Wildman–Crippen LogP) is 2.48. The molecule has 7 heteroatoms. The van der Waals surface area contributed by atoms with E-state index in [9.17, 15) is 9.59 Å². The average Bonchev–Trinajstić information content (AvgIpc) is 2.73. The van der Waals surface area contributed by atoms with Crippen molar-refractivity contribution in [2.75, 3.05) is 46.4 Å². The number of piperidine rings is 2. The number of carbonyl (C=O) groups is 2. The number of likely N-dealkylation sites (tertiary alicyclic amines) is 1. The molecule has 0 spiro atoms. The first kappa shape index (κ1) is 23.6. The number of hydrogen-bond donors (Lipinski definition) is 2. The number of ether oxygens (including phenoxy) is 1. The molecule has 2 heterocycles. The zero-order valence-corrected chi connectivity index (χ0v) is 18.4. The first-order valence-corrected chi connectivity index (χ1v) is 10.3. The number of rotatable bonds is 6. The molecule has 2 amide bonds. The van der Waals surface area contributed by atoms with E-state index in [0.717, 1.165) is 38.8 Å². The van der Waals surface area contributed by atoms with Gasteiger partial charge in [-0.1, -0.05) is 18.2 Å². The van der Waals surface area contributed by atoms with Gasteiger partial charge in [-0.25, -0.2) is 0 Å². The summed E-state index contributed by atoms with van der Waals surface area (Å²) in [5.74, 6) is 0.0561. The summed E-state index contributed by atoms with van der Waals surface area (Å²) in [7, 11) is 1.72. The SMILES string of the molecule is COCC1(CNC(=O)C2(C)CCCN(C(=O)c3ccccc3)C2)CCNCC1.Cl. The molecule has 1 unspecified atom stereocenters. The summed E-state index contributed by atoms with van der Waals surface area (Å²) >= 11 is 0. The van der Waals surface area contributed by atoms with E-state index in [1.165, 1.54) is 0 Å². The second-order valence-corrected chi connectivity index (χ2v) is 8.62. The third-order valence-corrected chi connectivity index (χ3v) is 6.29. The Labute approximate surface area is 180 Å². The quantitative estimate of drug-likeness (QED) is 0.737. The minimum atomic E-state index is -0.552. The second kappa shape index (κ2) is 10.4. The Hall–Kier alpha value is -1.63. The molecular weight excluding hydrogens is 390 g/mol. The van der Waals surface area contributed by atoms with Crippen LogP contribution in [0, 0.1) is 10.8 Å². The molecule has 1 atom stereocenters. The lowest BCUT2D eigenvalue weighted by atomic mass is 9.78. The summed E-state index contributed by atoms with van der Waals surface area (Å²) in [6, 6.07) is 9.32. The van der Waals surface area contributed by atoms with Gasteiger partial charge < -0.3 is 20.3 Å². The number of amides is 2. The lowest BCUT2D eigenvalue weighted by molar-refractivity contribution is -0.133. The highest BCUT2D eigenvalue weighted by Crippen LogP contribution is 2.32. The van der Waals surface area contributed by atoms with E-state index in [4.69, 9.17) is 4.74 Å². The zero-order valence-electron chi connectivity index (χ0n) is 17.5. The van der Waals surface area contributed by atoms with Crippen molar-refractivity contribution in [1.82, 2.24) is 15.5 Å². The van der Waals surface area contributed by atoms with Crippen LogP contribution in [0.2, 0.25) is 0 Å². The lowest BCUT2D eigenvalue weighted by Gasteiger charge is -2.41. The summed E-state index contributed by atoms with van der Waals surface area (Å²) in [6.45, 7) is 6.35. The van der Waals surface area contributed by atoms with Crippen molar-refractivity contribution in [3.63, 3.8) is 0 Å². The van der Waals surface area contributed by atoms with Gasteiger partial charge in [-0.05, 0) is 57.8 Å². The van der Waals surface area contributed by atoms with Crippen molar-refractivity contribution < 1.29 is 14.3 Å². The summed E-state index contributed by atoms with van der Waals surface area (Å²) in [5.41, 5.74) is 0.130. The highest BCUT2D eigenvalue weighted by molar-refractivity contribution is 5.95. The van der Waals surface area contributed by atoms with Gasteiger partial charge in [0.25, 0.3) is 5.91 Å². The van der Waals surface area contributed by atoms with Crippen LogP contribution < -0.4 is 10.6 Å². The van der Waals surface area contributed by atoms with Crippen LogP contribution >= 0.6 is 12.4 Å². The minimum absolute atomic E-state index is 0. The van der Waals surface area contributed by atoms with E-state index in [-0.39, 0.29) is 29.6 Å². The van der Waals surface area contributed by atoms with E-state index in [1.54, 1.807) is 7.11 Å². The van der Waals surface area contributed by atoms with Gasteiger partial charge in [0, 0.05) is 37.7 Å². The van der Waals surface area contributed by atoms with Gasteiger partial charge in [0.05, 0.1) is 12.0 Å². The van der Waals surface area contributed by atoms with Gasteiger partial charge in [0.2, 0.25) is 5.91 Å². The molecule has 0 saturated carbocycles. The molecule has 2 saturated heterocycles. The maximum atomic E-state index is 13.1. The Kier molecular flexibility index (Phi) is 8.49. The second-order valence-electron chi connectivity index (χ2n) is 8.62. The molecule has 1 aromatic carbocycles. The van der Waals surface area contributed by atoms with E-state index in [1.807, 2.05) is 42.2 Å². The number of hydrogen-bond acceptors (Lipinski definition) is 4. The van der Waals surface area contributed by atoms with Crippen LogP contribution in [0.1, 0.15) is 43.0 Å². The molecule has 0 bridgehead atoms. The van der Waals surface area contributed by atoms with Gasteiger partial charge in [-0.3, -0.25) is 9.59 Å². The molecule has 2 aliphatic heterocycles. The van der Waals surface area contributed by atoms with Gasteiger partial charge in [0.1, 0.15) is 0 Å². The molecule has 6 nitrogen and oxygen atoms in total. The third-order valence-electron chi connectivity index (χ3n) is 6.29. The Morgan fingerprint density at radius 1 is 1.17 bits per heavy atom. The van der Waals surface area contributed by atoms with Crippen LogP contribution in [0.4, 0.5) is 0 Å². The largest absolute Gasteiger partial charge is 0.384 e. The third kappa shape index (κ3) is 5.71. The number of halogens is 1. The summed E-state index contributed by atoms with van der Waals surface area (Å²) in [4.78, 5) is 27.8. The minimum Gasteiger partial charge on any atom is -0.384 e. The van der Waals surface area contributed by atoms with Crippen LogP contribution in [0.15, 0.2) is 30.3 Å². The van der Waals surface area contributed by atoms with Crippen molar-refractivity contribution in [1.29, 1.82) is 0 Å². The van der Waals surface area contributed by atoms with Gasteiger partial charge in [0.15, 0.2) is 0 Å². The molecule has 3 rings (SSSR count). The monoisotopic (exact) mass is 423 g/mol. The average molecular weight is 424 g/mol. The van der Waals surface area contributed by atoms with Crippen LogP contribution in [-0.4, -0.2) is 63.2 Å². The Balaban J connectivity index is 0.00000300. The molecule has 0 aromatic heterocycles. The van der Waals surface area contributed by atoms with Crippen molar-refractivity contribution in [3.8, 4) is 0 Å². The number of nitrogens with one attached hydrogen (secondary N) is 2. The smallest absolute Gasteiger partial charge is 0.253 e. The maximum absolute atomic E-state index is 13.1.